The maximum atomic E-state index is 6.14. The molecule has 134 valence electrons. The van der Waals surface area contributed by atoms with E-state index in [0.29, 0.717) is 5.92 Å². The van der Waals surface area contributed by atoms with Gasteiger partial charge in [0.05, 0.1) is 6.04 Å². The number of allylic oxidation sites excluding steroid dienone is 1. The van der Waals surface area contributed by atoms with Crippen molar-refractivity contribution in [2.24, 2.45) is 10.9 Å². The molecule has 2 unspecified atom stereocenters. The lowest BCUT2D eigenvalue weighted by molar-refractivity contribution is 0.274. The van der Waals surface area contributed by atoms with Crippen molar-refractivity contribution in [3.63, 3.8) is 0 Å². The van der Waals surface area contributed by atoms with E-state index >= 15 is 0 Å². The molecule has 0 aromatic heterocycles. The Morgan fingerprint density at radius 1 is 1.00 bits per heavy atom. The number of benzene rings is 2. The standard InChI is InChI=1S/C21H20Cl2N2S/c1-13(2)18-12-26-20-24-21(3,15-6-10-17(23)11-7-15)19(25(18)20)14-4-8-16(22)9-5-14/h4-13,19H,1-3H3. The Morgan fingerprint density at radius 3 is 2.15 bits per heavy atom. The molecule has 0 saturated heterocycles. The molecule has 0 spiro atoms. The number of thioether (sulfide) groups is 1. The predicted molar refractivity (Wildman–Crippen MR) is 113 cm³/mol. The van der Waals surface area contributed by atoms with Gasteiger partial charge in [-0.15, -0.1) is 0 Å². The van der Waals surface area contributed by atoms with E-state index in [9.17, 15) is 0 Å². The van der Waals surface area contributed by atoms with Crippen LogP contribution < -0.4 is 0 Å². The Balaban J connectivity index is 1.86. The molecule has 0 fully saturated rings. The van der Waals surface area contributed by atoms with Crippen LogP contribution in [-0.4, -0.2) is 10.1 Å². The highest BCUT2D eigenvalue weighted by atomic mass is 35.5. The topological polar surface area (TPSA) is 15.6 Å². The fraction of sp³-hybridized carbons (Fsp3) is 0.286. The first-order valence-electron chi connectivity index (χ1n) is 8.67. The summed E-state index contributed by atoms with van der Waals surface area (Å²) in [5.74, 6) is 0.428. The van der Waals surface area contributed by atoms with Crippen LogP contribution in [-0.2, 0) is 5.54 Å². The van der Waals surface area contributed by atoms with Crippen molar-refractivity contribution < 1.29 is 0 Å². The molecule has 0 aliphatic carbocycles. The number of fused-ring (bicyclic) bond motifs is 1. The van der Waals surface area contributed by atoms with Crippen molar-refractivity contribution in [2.75, 3.05) is 0 Å². The lowest BCUT2D eigenvalue weighted by Crippen LogP contribution is -2.35. The van der Waals surface area contributed by atoms with Crippen LogP contribution in [0.2, 0.25) is 10.0 Å². The molecule has 2 aliphatic rings. The van der Waals surface area contributed by atoms with E-state index in [2.05, 4.69) is 55.3 Å². The molecule has 4 rings (SSSR count). The number of halogens is 2. The van der Waals surface area contributed by atoms with Crippen molar-refractivity contribution in [3.05, 3.63) is 80.8 Å². The van der Waals surface area contributed by atoms with Gasteiger partial charge in [0.1, 0.15) is 5.54 Å². The van der Waals surface area contributed by atoms with Crippen LogP contribution in [0.5, 0.6) is 0 Å². The molecule has 2 aromatic rings. The van der Waals surface area contributed by atoms with E-state index in [1.165, 1.54) is 11.3 Å². The van der Waals surface area contributed by atoms with Crippen LogP contribution in [0.25, 0.3) is 0 Å². The van der Waals surface area contributed by atoms with Crippen molar-refractivity contribution in [1.82, 2.24) is 4.90 Å². The molecule has 2 aliphatic heterocycles. The highest BCUT2D eigenvalue weighted by Gasteiger charge is 2.50. The molecule has 2 heterocycles. The Morgan fingerprint density at radius 2 is 1.58 bits per heavy atom. The number of hydrogen-bond acceptors (Lipinski definition) is 3. The number of amidine groups is 1. The van der Waals surface area contributed by atoms with Crippen LogP contribution in [0, 0.1) is 5.92 Å². The van der Waals surface area contributed by atoms with Gasteiger partial charge in [0.25, 0.3) is 0 Å². The van der Waals surface area contributed by atoms with Gasteiger partial charge in [-0.2, -0.15) is 0 Å². The summed E-state index contributed by atoms with van der Waals surface area (Å²) in [5.41, 5.74) is 3.29. The quantitative estimate of drug-likeness (QED) is 0.556. The third-order valence-electron chi connectivity index (χ3n) is 5.09. The van der Waals surface area contributed by atoms with Crippen molar-refractivity contribution >= 4 is 40.1 Å². The maximum Gasteiger partial charge on any atom is 0.169 e. The van der Waals surface area contributed by atoms with Crippen molar-refractivity contribution in [3.8, 4) is 0 Å². The van der Waals surface area contributed by atoms with E-state index in [-0.39, 0.29) is 6.04 Å². The summed E-state index contributed by atoms with van der Waals surface area (Å²) >= 11 is 14.0. The number of aliphatic imine (C=N–C) groups is 1. The zero-order chi connectivity index (χ0) is 18.5. The summed E-state index contributed by atoms with van der Waals surface area (Å²) in [6.45, 7) is 6.66. The van der Waals surface area contributed by atoms with Gasteiger partial charge >= 0.3 is 0 Å². The molecule has 0 N–H and O–H groups in total. The lowest BCUT2D eigenvalue weighted by atomic mass is 9.81. The normalized spacial score (nSPS) is 24.7. The summed E-state index contributed by atoms with van der Waals surface area (Å²) in [5, 5.41) is 4.78. The van der Waals surface area contributed by atoms with E-state index in [4.69, 9.17) is 28.2 Å². The molecule has 2 aromatic carbocycles. The van der Waals surface area contributed by atoms with Gasteiger partial charge in [0, 0.05) is 15.7 Å². The molecule has 0 saturated carbocycles. The molecule has 2 nitrogen and oxygen atoms in total. The summed E-state index contributed by atoms with van der Waals surface area (Å²) in [6, 6.07) is 16.3. The van der Waals surface area contributed by atoms with Gasteiger partial charge in [0.15, 0.2) is 5.17 Å². The van der Waals surface area contributed by atoms with Gasteiger partial charge in [-0.3, -0.25) is 0 Å². The van der Waals surface area contributed by atoms with Gasteiger partial charge in [-0.25, -0.2) is 4.99 Å². The molecule has 0 bridgehead atoms. The van der Waals surface area contributed by atoms with E-state index in [1.807, 2.05) is 24.3 Å². The van der Waals surface area contributed by atoms with Crippen molar-refractivity contribution in [2.45, 2.75) is 32.4 Å². The average Bonchev–Trinajstić information content (AvgIpc) is 3.12. The first kappa shape index (κ1) is 18.0. The Kier molecular flexibility index (Phi) is 4.58. The number of hydrogen-bond donors (Lipinski definition) is 0. The Labute approximate surface area is 168 Å². The fourth-order valence-electron chi connectivity index (χ4n) is 3.73. The summed E-state index contributed by atoms with van der Waals surface area (Å²) in [6.07, 6.45) is 0. The maximum absolute atomic E-state index is 6.14. The zero-order valence-corrected chi connectivity index (χ0v) is 17.2. The van der Waals surface area contributed by atoms with Crippen LogP contribution in [0.3, 0.4) is 0 Å². The fourth-order valence-corrected chi connectivity index (χ4v) is 5.16. The molecular weight excluding hydrogens is 383 g/mol. The number of rotatable bonds is 3. The monoisotopic (exact) mass is 402 g/mol. The minimum atomic E-state index is -0.394. The highest BCUT2D eigenvalue weighted by Crippen LogP contribution is 2.54. The zero-order valence-electron chi connectivity index (χ0n) is 14.9. The summed E-state index contributed by atoms with van der Waals surface area (Å²) in [4.78, 5) is 7.57. The van der Waals surface area contributed by atoms with Gasteiger partial charge in [0.2, 0.25) is 0 Å². The van der Waals surface area contributed by atoms with E-state index in [1.54, 1.807) is 11.8 Å². The third-order valence-corrected chi connectivity index (χ3v) is 6.46. The minimum Gasteiger partial charge on any atom is -0.314 e. The first-order chi connectivity index (χ1) is 12.4. The van der Waals surface area contributed by atoms with Gasteiger partial charge < -0.3 is 4.90 Å². The second kappa shape index (κ2) is 6.63. The predicted octanol–water partition coefficient (Wildman–Crippen LogP) is 6.87. The summed E-state index contributed by atoms with van der Waals surface area (Å²) in [7, 11) is 0. The second-order valence-corrected chi connectivity index (χ2v) is 8.90. The van der Waals surface area contributed by atoms with Gasteiger partial charge in [-0.05, 0) is 53.6 Å². The molecule has 5 heteroatoms. The molecule has 0 radical (unpaired) electrons. The van der Waals surface area contributed by atoms with Crippen LogP contribution >= 0.6 is 35.0 Å². The van der Waals surface area contributed by atoms with Crippen LogP contribution in [0.15, 0.2) is 64.6 Å². The van der Waals surface area contributed by atoms with E-state index < -0.39 is 5.54 Å². The molecule has 2 atom stereocenters. The number of nitrogens with zero attached hydrogens (tertiary/aromatic N) is 2. The van der Waals surface area contributed by atoms with E-state index in [0.717, 1.165) is 20.8 Å². The first-order valence-corrected chi connectivity index (χ1v) is 10.3. The smallest absolute Gasteiger partial charge is 0.169 e. The van der Waals surface area contributed by atoms with Gasteiger partial charge in [-0.1, -0.05) is 73.1 Å². The SMILES string of the molecule is CC(C)C1=CSC2=NC(C)(c3ccc(Cl)cc3)C(c3ccc(Cl)cc3)N12. The second-order valence-electron chi connectivity index (χ2n) is 7.19. The summed E-state index contributed by atoms with van der Waals surface area (Å²) < 4.78 is 0. The Bertz CT molecular complexity index is 887. The lowest BCUT2D eigenvalue weighted by Gasteiger charge is -2.37. The van der Waals surface area contributed by atoms with Crippen LogP contribution in [0.4, 0.5) is 0 Å². The molecular formula is C21H20Cl2N2S. The highest BCUT2D eigenvalue weighted by molar-refractivity contribution is 8.16. The minimum absolute atomic E-state index is 0.0830. The van der Waals surface area contributed by atoms with Crippen LogP contribution in [0.1, 0.15) is 37.9 Å². The molecule has 0 amide bonds. The molecule has 26 heavy (non-hydrogen) atoms. The largest absolute Gasteiger partial charge is 0.314 e. The third kappa shape index (κ3) is 2.87. The average molecular weight is 403 g/mol. The Hall–Kier alpha value is -1.42. The van der Waals surface area contributed by atoms with Crippen molar-refractivity contribution in [1.29, 1.82) is 0 Å².